The molecule has 1 rings (SSSR count). The molecule has 0 aromatic heterocycles. The van der Waals surface area contributed by atoms with Crippen molar-refractivity contribution in [2.75, 3.05) is 5.75 Å². The first-order chi connectivity index (χ1) is 4.41. The second-order valence-corrected chi connectivity index (χ2v) is 4.43. The van der Waals surface area contributed by atoms with Crippen LogP contribution in [0, 0.1) is 0 Å². The van der Waals surface area contributed by atoms with Crippen molar-refractivity contribution in [2.24, 2.45) is 5.14 Å². The van der Waals surface area contributed by atoms with Crippen LogP contribution in [0.2, 0.25) is 0 Å². The second-order valence-electron chi connectivity index (χ2n) is 2.81. The van der Waals surface area contributed by atoms with E-state index in [0.717, 1.165) is 6.42 Å². The number of rotatable bonds is 2. The lowest BCUT2D eigenvalue weighted by Gasteiger charge is -2.32. The van der Waals surface area contributed by atoms with Gasteiger partial charge in [0.1, 0.15) is 5.67 Å². The highest BCUT2D eigenvalue weighted by atomic mass is 32.2. The van der Waals surface area contributed by atoms with Gasteiger partial charge in [-0.25, -0.2) is 17.9 Å². The molecule has 0 spiro atoms. The Kier molecular flexibility index (Phi) is 1.72. The van der Waals surface area contributed by atoms with Crippen molar-refractivity contribution in [2.45, 2.75) is 24.9 Å². The Labute approximate surface area is 59.5 Å². The first-order valence-corrected chi connectivity index (χ1v) is 4.82. The van der Waals surface area contributed by atoms with E-state index in [-0.39, 0.29) is 0 Å². The molecule has 1 aliphatic carbocycles. The smallest absolute Gasteiger partial charge is 0.212 e. The maximum absolute atomic E-state index is 12.9. The zero-order valence-electron chi connectivity index (χ0n) is 5.51. The van der Waals surface area contributed by atoms with Crippen LogP contribution in [0.15, 0.2) is 0 Å². The van der Waals surface area contributed by atoms with E-state index in [4.69, 9.17) is 0 Å². The molecule has 3 nitrogen and oxygen atoms in total. The van der Waals surface area contributed by atoms with E-state index in [1.165, 1.54) is 0 Å². The normalized spacial score (nSPS) is 23.8. The monoisotopic (exact) mass is 167 g/mol. The molecule has 2 N–H and O–H groups in total. The van der Waals surface area contributed by atoms with E-state index in [2.05, 4.69) is 5.14 Å². The Bertz CT molecular complexity index is 220. The van der Waals surface area contributed by atoms with Crippen LogP contribution in [-0.4, -0.2) is 19.8 Å². The van der Waals surface area contributed by atoms with E-state index in [1.54, 1.807) is 0 Å². The van der Waals surface area contributed by atoms with E-state index < -0.39 is 21.4 Å². The van der Waals surface area contributed by atoms with Gasteiger partial charge in [0.15, 0.2) is 0 Å². The predicted molar refractivity (Wildman–Crippen MR) is 35.7 cm³/mol. The Morgan fingerprint density at radius 3 is 2.10 bits per heavy atom. The zero-order chi connectivity index (χ0) is 7.83. The standard InChI is InChI=1S/C5H10FNO2S/c6-5(2-1-3-5)4-10(7,8)9/h1-4H2,(H2,7,8,9). The van der Waals surface area contributed by atoms with Gasteiger partial charge in [-0.05, 0) is 19.3 Å². The molecule has 0 aromatic carbocycles. The molecule has 1 fully saturated rings. The van der Waals surface area contributed by atoms with Gasteiger partial charge in [0.25, 0.3) is 0 Å². The molecule has 0 aromatic rings. The van der Waals surface area contributed by atoms with Crippen LogP contribution in [0.5, 0.6) is 0 Å². The van der Waals surface area contributed by atoms with Crippen molar-refractivity contribution in [3.63, 3.8) is 0 Å². The number of hydrogen-bond acceptors (Lipinski definition) is 2. The number of halogens is 1. The number of alkyl halides is 1. The molecule has 0 atom stereocenters. The molecule has 1 saturated carbocycles. The first-order valence-electron chi connectivity index (χ1n) is 3.11. The molecule has 0 bridgehead atoms. The first kappa shape index (κ1) is 7.94. The number of nitrogens with two attached hydrogens (primary N) is 1. The Morgan fingerprint density at radius 2 is 2.00 bits per heavy atom. The highest BCUT2D eigenvalue weighted by molar-refractivity contribution is 7.89. The van der Waals surface area contributed by atoms with Gasteiger partial charge >= 0.3 is 0 Å². The number of primary sulfonamides is 1. The van der Waals surface area contributed by atoms with Gasteiger partial charge in [-0.1, -0.05) is 0 Å². The van der Waals surface area contributed by atoms with Crippen LogP contribution in [0.25, 0.3) is 0 Å². The molecule has 1 aliphatic rings. The van der Waals surface area contributed by atoms with Crippen LogP contribution in [0.3, 0.4) is 0 Å². The predicted octanol–water partition coefficient (Wildman–Crippen LogP) is 0.167. The Morgan fingerprint density at radius 1 is 1.50 bits per heavy atom. The maximum atomic E-state index is 12.9. The van der Waals surface area contributed by atoms with E-state index in [0.29, 0.717) is 12.8 Å². The number of sulfonamides is 1. The fourth-order valence-corrected chi connectivity index (χ4v) is 2.08. The van der Waals surface area contributed by atoms with Crippen molar-refractivity contribution in [3.05, 3.63) is 0 Å². The van der Waals surface area contributed by atoms with Crippen molar-refractivity contribution >= 4 is 10.0 Å². The lowest BCUT2D eigenvalue weighted by atomic mass is 9.84. The van der Waals surface area contributed by atoms with Crippen LogP contribution in [0.4, 0.5) is 4.39 Å². The van der Waals surface area contributed by atoms with Crippen molar-refractivity contribution < 1.29 is 12.8 Å². The summed E-state index contributed by atoms with van der Waals surface area (Å²) in [6, 6.07) is 0. The van der Waals surface area contributed by atoms with Crippen LogP contribution in [-0.2, 0) is 10.0 Å². The average Bonchev–Trinajstić information content (AvgIpc) is 1.57. The van der Waals surface area contributed by atoms with Gasteiger partial charge < -0.3 is 0 Å². The second kappa shape index (κ2) is 2.17. The van der Waals surface area contributed by atoms with Crippen molar-refractivity contribution in [1.29, 1.82) is 0 Å². The molecule has 60 valence electrons. The van der Waals surface area contributed by atoms with Crippen molar-refractivity contribution in [1.82, 2.24) is 0 Å². The summed E-state index contributed by atoms with van der Waals surface area (Å²) in [7, 11) is -3.62. The summed E-state index contributed by atoms with van der Waals surface area (Å²) in [6.45, 7) is 0. The van der Waals surface area contributed by atoms with Gasteiger partial charge in [0, 0.05) is 0 Å². The van der Waals surface area contributed by atoms with Gasteiger partial charge in [-0.15, -0.1) is 0 Å². The van der Waals surface area contributed by atoms with Gasteiger partial charge in [-0.3, -0.25) is 0 Å². The number of hydrogen-bond donors (Lipinski definition) is 1. The third kappa shape index (κ3) is 1.91. The molecule has 0 heterocycles. The molecular weight excluding hydrogens is 157 g/mol. The third-order valence-corrected chi connectivity index (χ3v) is 2.63. The summed E-state index contributed by atoms with van der Waals surface area (Å²) in [5, 5.41) is 4.66. The summed E-state index contributed by atoms with van der Waals surface area (Å²) in [6.07, 6.45) is 1.44. The maximum Gasteiger partial charge on any atom is 0.212 e. The lowest BCUT2D eigenvalue weighted by Crippen LogP contribution is -2.41. The van der Waals surface area contributed by atoms with E-state index in [9.17, 15) is 12.8 Å². The van der Waals surface area contributed by atoms with E-state index >= 15 is 0 Å². The highest BCUT2D eigenvalue weighted by Gasteiger charge is 2.40. The van der Waals surface area contributed by atoms with Crippen LogP contribution < -0.4 is 5.14 Å². The van der Waals surface area contributed by atoms with E-state index in [1.807, 2.05) is 0 Å². The van der Waals surface area contributed by atoms with Gasteiger partial charge in [0.05, 0.1) is 5.75 Å². The summed E-state index contributed by atoms with van der Waals surface area (Å²) in [5.74, 6) is -0.514. The minimum Gasteiger partial charge on any atom is -0.243 e. The van der Waals surface area contributed by atoms with Crippen molar-refractivity contribution in [3.8, 4) is 0 Å². The highest BCUT2D eigenvalue weighted by Crippen LogP contribution is 2.36. The molecule has 0 amide bonds. The summed E-state index contributed by atoms with van der Waals surface area (Å²) in [4.78, 5) is 0. The topological polar surface area (TPSA) is 60.2 Å². The largest absolute Gasteiger partial charge is 0.243 e. The molecule has 10 heavy (non-hydrogen) atoms. The molecular formula is C5H10FNO2S. The lowest BCUT2D eigenvalue weighted by molar-refractivity contribution is 0.0892. The fraction of sp³-hybridized carbons (Fsp3) is 1.00. The summed E-state index contributed by atoms with van der Waals surface area (Å²) >= 11 is 0. The Balaban J connectivity index is 2.53. The fourth-order valence-electron chi connectivity index (χ4n) is 1.07. The minimum atomic E-state index is -3.62. The minimum absolute atomic E-state index is 0.337. The average molecular weight is 167 g/mol. The van der Waals surface area contributed by atoms with Crippen LogP contribution >= 0.6 is 0 Å². The SMILES string of the molecule is NS(=O)(=O)CC1(F)CCC1. The molecule has 0 saturated heterocycles. The van der Waals surface area contributed by atoms with Crippen LogP contribution in [0.1, 0.15) is 19.3 Å². The third-order valence-electron chi connectivity index (χ3n) is 1.71. The quantitative estimate of drug-likeness (QED) is 0.637. The summed E-state index contributed by atoms with van der Waals surface area (Å²) < 4.78 is 33.7. The molecule has 0 unspecified atom stereocenters. The van der Waals surface area contributed by atoms with Gasteiger partial charge in [0.2, 0.25) is 10.0 Å². The summed E-state index contributed by atoms with van der Waals surface area (Å²) in [5.41, 5.74) is -1.51. The Hall–Kier alpha value is -0.160. The molecule has 5 heteroatoms. The molecule has 0 aliphatic heterocycles. The molecule has 0 radical (unpaired) electrons. The van der Waals surface area contributed by atoms with Gasteiger partial charge in [-0.2, -0.15) is 0 Å². The zero-order valence-corrected chi connectivity index (χ0v) is 6.32.